The molecule has 1 amide bonds. The summed E-state index contributed by atoms with van der Waals surface area (Å²) in [4.78, 5) is 28.3. The molecule has 6 heteroatoms. The molecule has 154 valence electrons. The Kier molecular flexibility index (Phi) is 4.63. The minimum absolute atomic E-state index is 0.0763. The molecule has 4 aromatic rings. The molecule has 0 bridgehead atoms. The standard InChI is InChI=1S/C25H17ClFNO3/c1-2-14-7-10-16(11-8-14)28-22(17-5-3-4-6-19(17)27)21-23(29)18-13-15(26)9-12-20(18)31-24(21)25(28)30/h3-13,22H,2H2,1H3. The summed E-state index contributed by atoms with van der Waals surface area (Å²) in [5, 5.41) is 0.627. The number of carbonyl (C=O) groups is 1. The Balaban J connectivity index is 1.81. The predicted octanol–water partition coefficient (Wildman–Crippen LogP) is 5.90. The zero-order valence-electron chi connectivity index (χ0n) is 16.6. The van der Waals surface area contributed by atoms with Crippen molar-refractivity contribution in [3.63, 3.8) is 0 Å². The van der Waals surface area contributed by atoms with Gasteiger partial charge in [-0.25, -0.2) is 4.39 Å². The first-order valence-electron chi connectivity index (χ1n) is 9.92. The largest absolute Gasteiger partial charge is 0.450 e. The van der Waals surface area contributed by atoms with E-state index < -0.39 is 23.2 Å². The molecule has 3 aromatic carbocycles. The highest BCUT2D eigenvalue weighted by Crippen LogP contribution is 2.42. The fourth-order valence-electron chi connectivity index (χ4n) is 4.09. The van der Waals surface area contributed by atoms with Crippen molar-refractivity contribution in [2.45, 2.75) is 19.4 Å². The number of halogens is 2. The van der Waals surface area contributed by atoms with E-state index in [2.05, 4.69) is 0 Å². The average molecular weight is 434 g/mol. The van der Waals surface area contributed by atoms with Crippen LogP contribution in [-0.2, 0) is 6.42 Å². The van der Waals surface area contributed by atoms with Crippen LogP contribution in [0.4, 0.5) is 10.1 Å². The number of benzene rings is 3. The molecule has 1 aliphatic rings. The summed E-state index contributed by atoms with van der Waals surface area (Å²) in [5.41, 5.74) is 1.87. The molecule has 4 nitrogen and oxygen atoms in total. The summed E-state index contributed by atoms with van der Waals surface area (Å²) in [7, 11) is 0. The number of aryl methyl sites for hydroxylation is 1. The molecule has 1 aromatic heterocycles. The van der Waals surface area contributed by atoms with Crippen LogP contribution in [-0.4, -0.2) is 5.91 Å². The number of hydrogen-bond donors (Lipinski definition) is 0. The first-order valence-corrected chi connectivity index (χ1v) is 10.3. The molecular weight excluding hydrogens is 417 g/mol. The summed E-state index contributed by atoms with van der Waals surface area (Å²) in [6.45, 7) is 2.04. The number of amides is 1. The molecule has 0 spiro atoms. The molecule has 0 saturated carbocycles. The predicted molar refractivity (Wildman–Crippen MR) is 118 cm³/mol. The zero-order valence-corrected chi connectivity index (χ0v) is 17.3. The molecule has 0 aliphatic carbocycles. The first kappa shape index (κ1) is 19.5. The second kappa shape index (κ2) is 7.36. The van der Waals surface area contributed by atoms with E-state index in [1.54, 1.807) is 42.5 Å². The van der Waals surface area contributed by atoms with E-state index in [4.69, 9.17) is 16.0 Å². The van der Waals surface area contributed by atoms with E-state index in [1.165, 1.54) is 17.0 Å². The number of hydrogen-bond acceptors (Lipinski definition) is 3. The van der Waals surface area contributed by atoms with Crippen LogP contribution in [0.5, 0.6) is 0 Å². The molecule has 31 heavy (non-hydrogen) atoms. The lowest BCUT2D eigenvalue weighted by Crippen LogP contribution is -2.30. The van der Waals surface area contributed by atoms with Gasteiger partial charge in [0.2, 0.25) is 5.76 Å². The summed E-state index contributed by atoms with van der Waals surface area (Å²) in [5.74, 6) is -1.07. The number of anilines is 1. The van der Waals surface area contributed by atoms with Crippen molar-refractivity contribution in [2.75, 3.05) is 4.90 Å². The summed E-state index contributed by atoms with van der Waals surface area (Å²) in [6, 6.07) is 17.3. The Labute approximate surface area is 182 Å². The maximum absolute atomic E-state index is 14.9. The van der Waals surface area contributed by atoms with Crippen LogP contribution in [0.3, 0.4) is 0 Å². The van der Waals surface area contributed by atoms with Crippen molar-refractivity contribution >= 4 is 34.2 Å². The minimum atomic E-state index is -0.948. The van der Waals surface area contributed by atoms with Crippen LogP contribution in [0.25, 0.3) is 11.0 Å². The molecule has 0 fully saturated rings. The normalized spacial score (nSPS) is 15.5. The Morgan fingerprint density at radius 3 is 2.48 bits per heavy atom. The van der Waals surface area contributed by atoms with Crippen LogP contribution in [0.15, 0.2) is 75.9 Å². The SMILES string of the molecule is CCc1ccc(N2C(=O)c3oc4ccc(Cl)cc4c(=O)c3C2c2ccccc2F)cc1. The molecular formula is C25H17ClFNO3. The van der Waals surface area contributed by atoms with Crippen molar-refractivity contribution in [3.05, 3.63) is 110 Å². The van der Waals surface area contributed by atoms with Crippen LogP contribution < -0.4 is 10.3 Å². The Morgan fingerprint density at radius 1 is 1.03 bits per heavy atom. The van der Waals surface area contributed by atoms with E-state index in [0.29, 0.717) is 10.7 Å². The molecule has 5 rings (SSSR count). The van der Waals surface area contributed by atoms with Gasteiger partial charge in [-0.1, -0.05) is 48.9 Å². The molecule has 1 aliphatic heterocycles. The monoisotopic (exact) mass is 433 g/mol. The third kappa shape index (κ3) is 3.04. The fourth-order valence-corrected chi connectivity index (χ4v) is 4.27. The Hall–Kier alpha value is -3.44. The number of carbonyl (C=O) groups excluding carboxylic acids is 1. The van der Waals surface area contributed by atoms with E-state index in [1.807, 2.05) is 19.1 Å². The maximum Gasteiger partial charge on any atom is 0.295 e. The molecule has 1 unspecified atom stereocenters. The van der Waals surface area contributed by atoms with Gasteiger partial charge in [-0.05, 0) is 48.4 Å². The van der Waals surface area contributed by atoms with Gasteiger partial charge in [0.25, 0.3) is 5.91 Å². The summed E-state index contributed by atoms with van der Waals surface area (Å²) >= 11 is 6.08. The van der Waals surface area contributed by atoms with E-state index in [9.17, 15) is 14.0 Å². The van der Waals surface area contributed by atoms with Crippen molar-refractivity contribution in [1.82, 2.24) is 0 Å². The van der Waals surface area contributed by atoms with E-state index in [0.717, 1.165) is 12.0 Å². The number of rotatable bonds is 3. The van der Waals surface area contributed by atoms with Gasteiger partial charge in [-0.2, -0.15) is 0 Å². The Bertz CT molecular complexity index is 1390. The zero-order chi connectivity index (χ0) is 21.7. The molecule has 0 radical (unpaired) electrons. The van der Waals surface area contributed by atoms with Crippen LogP contribution >= 0.6 is 11.6 Å². The van der Waals surface area contributed by atoms with Gasteiger partial charge in [0.1, 0.15) is 11.4 Å². The van der Waals surface area contributed by atoms with Gasteiger partial charge in [0.05, 0.1) is 17.0 Å². The highest BCUT2D eigenvalue weighted by Gasteiger charge is 2.44. The van der Waals surface area contributed by atoms with Crippen molar-refractivity contribution in [1.29, 1.82) is 0 Å². The lowest BCUT2D eigenvalue weighted by molar-refractivity contribution is 0.0971. The summed E-state index contributed by atoms with van der Waals surface area (Å²) < 4.78 is 20.8. The van der Waals surface area contributed by atoms with E-state index >= 15 is 0 Å². The molecule has 1 atom stereocenters. The van der Waals surface area contributed by atoms with Gasteiger partial charge in [0, 0.05) is 16.3 Å². The van der Waals surface area contributed by atoms with Crippen LogP contribution in [0.1, 0.15) is 40.2 Å². The van der Waals surface area contributed by atoms with Gasteiger partial charge in [-0.15, -0.1) is 0 Å². The average Bonchev–Trinajstić information content (AvgIpc) is 3.07. The van der Waals surface area contributed by atoms with Gasteiger partial charge in [0.15, 0.2) is 5.43 Å². The second-order valence-corrected chi connectivity index (χ2v) is 7.87. The van der Waals surface area contributed by atoms with Crippen LogP contribution in [0.2, 0.25) is 5.02 Å². The van der Waals surface area contributed by atoms with Gasteiger partial charge >= 0.3 is 0 Å². The first-order chi connectivity index (χ1) is 15.0. The fraction of sp³-hybridized carbons (Fsp3) is 0.120. The summed E-state index contributed by atoms with van der Waals surface area (Å²) in [6.07, 6.45) is 0.845. The lowest BCUT2D eigenvalue weighted by Gasteiger charge is -2.25. The number of nitrogens with zero attached hydrogens (tertiary/aromatic N) is 1. The van der Waals surface area contributed by atoms with Crippen molar-refractivity contribution in [2.24, 2.45) is 0 Å². The van der Waals surface area contributed by atoms with Crippen LogP contribution in [0, 0.1) is 5.82 Å². The molecule has 2 heterocycles. The smallest absolute Gasteiger partial charge is 0.295 e. The van der Waals surface area contributed by atoms with Crippen molar-refractivity contribution in [3.8, 4) is 0 Å². The third-order valence-electron chi connectivity index (χ3n) is 5.65. The molecule has 0 N–H and O–H groups in total. The quantitative estimate of drug-likeness (QED) is 0.404. The van der Waals surface area contributed by atoms with Gasteiger partial charge in [-0.3, -0.25) is 14.5 Å². The second-order valence-electron chi connectivity index (χ2n) is 7.43. The van der Waals surface area contributed by atoms with E-state index in [-0.39, 0.29) is 27.9 Å². The topological polar surface area (TPSA) is 50.5 Å². The highest BCUT2D eigenvalue weighted by atomic mass is 35.5. The van der Waals surface area contributed by atoms with Gasteiger partial charge < -0.3 is 4.42 Å². The molecule has 0 saturated heterocycles. The maximum atomic E-state index is 14.9. The lowest BCUT2D eigenvalue weighted by atomic mass is 9.97. The van der Waals surface area contributed by atoms with Crippen molar-refractivity contribution < 1.29 is 13.6 Å². The Morgan fingerprint density at radius 2 is 1.77 bits per heavy atom. The third-order valence-corrected chi connectivity index (χ3v) is 5.89. The minimum Gasteiger partial charge on any atom is -0.450 e. The highest BCUT2D eigenvalue weighted by molar-refractivity contribution is 6.31. The number of fused-ring (bicyclic) bond motifs is 2.